The molecule has 11 nitrogen and oxygen atoms in total. The summed E-state index contributed by atoms with van der Waals surface area (Å²) in [5, 5.41) is 3.17. The largest absolute Gasteiger partial charge is 0.417 e. The average molecular weight is 904 g/mol. The second-order valence-corrected chi connectivity index (χ2v) is 16.3. The second kappa shape index (κ2) is 16.1. The van der Waals surface area contributed by atoms with Gasteiger partial charge in [0, 0.05) is 93.4 Å². The third-order valence-electron chi connectivity index (χ3n) is 12.4. The summed E-state index contributed by atoms with van der Waals surface area (Å²) in [6.07, 6.45) is 8.70. The van der Waals surface area contributed by atoms with E-state index >= 15 is 13.2 Å². The smallest absolute Gasteiger partial charge is 0.319 e. The molecule has 0 N–H and O–H groups in total. The Morgan fingerprint density at radius 1 is 0.449 bits per heavy atom. The highest BCUT2D eigenvalue weighted by Gasteiger charge is 2.36. The summed E-state index contributed by atoms with van der Waals surface area (Å²) >= 11 is 0. The first-order valence-electron chi connectivity index (χ1n) is 21.7. The second-order valence-electron chi connectivity index (χ2n) is 16.3. The number of aryl methyl sites for hydroxylation is 1. The number of hydrogen-bond donors (Lipinski definition) is 0. The molecule has 0 aliphatic carbocycles. The van der Waals surface area contributed by atoms with Crippen molar-refractivity contribution < 1.29 is 13.2 Å². The van der Waals surface area contributed by atoms with Crippen molar-refractivity contribution in [1.29, 1.82) is 0 Å². The van der Waals surface area contributed by atoms with Gasteiger partial charge in [-0.05, 0) is 133 Å². The lowest BCUT2D eigenvalue weighted by Crippen LogP contribution is -2.10. The molecule has 0 saturated carbocycles. The molecule has 0 unspecified atom stereocenters. The lowest BCUT2D eigenvalue weighted by Gasteiger charge is -2.23. The SMILES string of the molecule is [C-]#[N+]c1c(-n2c3ccc(-c4ncccn4)cc3c3cc(-c4ncccn4)ccc32)ccc(-c2c(C)cccc2C(F)(F)F)c1-n1c2ccc(-c3ncccn3)cc2c2cc(-c3ncccn3)ccc21. The molecule has 69 heavy (non-hydrogen) atoms. The Kier molecular flexibility index (Phi) is 9.59. The topological polar surface area (TPSA) is 117 Å². The highest BCUT2D eigenvalue weighted by atomic mass is 19.4. The van der Waals surface area contributed by atoms with Crippen LogP contribution in [0.4, 0.5) is 18.9 Å². The van der Waals surface area contributed by atoms with E-state index in [2.05, 4.69) is 44.7 Å². The van der Waals surface area contributed by atoms with Crippen LogP contribution >= 0.6 is 0 Å². The van der Waals surface area contributed by atoms with E-state index in [4.69, 9.17) is 6.57 Å². The van der Waals surface area contributed by atoms with Crippen LogP contribution in [-0.2, 0) is 6.18 Å². The molecule has 0 radical (unpaired) electrons. The molecule has 12 rings (SSSR count). The molecular weight excluding hydrogens is 872 g/mol. The van der Waals surface area contributed by atoms with Gasteiger partial charge >= 0.3 is 6.18 Å². The number of alkyl halides is 3. The highest BCUT2D eigenvalue weighted by Crippen LogP contribution is 2.49. The zero-order valence-electron chi connectivity index (χ0n) is 36.3. The van der Waals surface area contributed by atoms with Crippen LogP contribution in [0.1, 0.15) is 11.1 Å². The summed E-state index contributed by atoms with van der Waals surface area (Å²) < 4.78 is 49.9. The number of fused-ring (bicyclic) bond motifs is 6. The maximum absolute atomic E-state index is 15.3. The standard InChI is InChI=1S/C55H32F3N11/c1-32-8-3-9-42(55(56,57)58)48(32)37-14-19-47(68-43-15-10-33(51-60-20-4-21-61-51)28-38(43)39-29-34(11-16-44(39)68)52-62-22-5-23-63-52)49(59-2)50(37)69-45-17-12-35(53-64-24-6-25-65-53)30-40(45)41-31-36(13-18-46(41)69)54-66-26-7-27-67-54/h3-31H,1H3. The molecule has 0 atom stereocenters. The van der Waals surface area contributed by atoms with Crippen molar-refractivity contribution in [2.45, 2.75) is 13.1 Å². The van der Waals surface area contributed by atoms with Crippen LogP contribution in [0, 0.1) is 13.5 Å². The molecule has 0 aliphatic heterocycles. The summed E-state index contributed by atoms with van der Waals surface area (Å²) in [6.45, 7) is 10.8. The third-order valence-corrected chi connectivity index (χ3v) is 12.4. The van der Waals surface area contributed by atoms with Gasteiger partial charge in [-0.3, -0.25) is 0 Å². The monoisotopic (exact) mass is 903 g/mol. The lowest BCUT2D eigenvalue weighted by atomic mass is 9.92. The molecular formula is C55H32F3N11. The van der Waals surface area contributed by atoms with Crippen molar-refractivity contribution in [2.24, 2.45) is 0 Å². The number of rotatable bonds is 7. The zero-order chi connectivity index (χ0) is 46.8. The number of hydrogen-bond acceptors (Lipinski definition) is 8. The van der Waals surface area contributed by atoms with E-state index in [1.165, 1.54) is 6.07 Å². The zero-order valence-corrected chi connectivity index (χ0v) is 36.3. The Morgan fingerprint density at radius 3 is 1.19 bits per heavy atom. The molecule has 0 amide bonds. The van der Waals surface area contributed by atoms with Gasteiger partial charge in [-0.2, -0.15) is 13.2 Å². The third kappa shape index (κ3) is 6.82. The molecule has 6 heterocycles. The first kappa shape index (κ1) is 41.0. The van der Waals surface area contributed by atoms with Gasteiger partial charge in [-0.25, -0.2) is 44.7 Å². The Labute approximate surface area is 390 Å². The minimum absolute atomic E-state index is 0.0303. The quantitative estimate of drug-likeness (QED) is 0.145. The summed E-state index contributed by atoms with van der Waals surface area (Å²) in [6, 6.07) is 38.0. The van der Waals surface area contributed by atoms with E-state index in [9.17, 15) is 0 Å². The molecule has 0 saturated heterocycles. The number of benzene rings is 6. The van der Waals surface area contributed by atoms with Gasteiger partial charge in [-0.15, -0.1) is 0 Å². The average Bonchev–Trinajstić information content (AvgIpc) is 3.90. The minimum atomic E-state index is -4.72. The van der Waals surface area contributed by atoms with Gasteiger partial charge in [0.2, 0.25) is 5.69 Å². The normalized spacial score (nSPS) is 11.8. The van der Waals surface area contributed by atoms with E-state index in [1.54, 1.807) is 99.0 Å². The molecule has 328 valence electrons. The minimum Gasteiger partial charge on any atom is -0.319 e. The Hall–Kier alpha value is -9.48. The molecule has 0 aliphatic rings. The van der Waals surface area contributed by atoms with Gasteiger partial charge in [-0.1, -0.05) is 18.2 Å². The van der Waals surface area contributed by atoms with Crippen LogP contribution in [0.2, 0.25) is 0 Å². The van der Waals surface area contributed by atoms with Crippen molar-refractivity contribution in [2.75, 3.05) is 0 Å². The van der Waals surface area contributed by atoms with E-state index in [1.807, 2.05) is 81.9 Å². The molecule has 0 bridgehead atoms. The summed E-state index contributed by atoms with van der Waals surface area (Å²) in [5.74, 6) is 2.06. The first-order chi connectivity index (χ1) is 33.7. The molecule has 0 fully saturated rings. The predicted molar refractivity (Wildman–Crippen MR) is 261 cm³/mol. The van der Waals surface area contributed by atoms with Crippen molar-refractivity contribution >= 4 is 49.3 Å². The fraction of sp³-hybridized carbons (Fsp3) is 0.0364. The predicted octanol–water partition coefficient (Wildman–Crippen LogP) is 13.3. The maximum atomic E-state index is 15.3. The van der Waals surface area contributed by atoms with Crippen LogP contribution < -0.4 is 0 Å². The van der Waals surface area contributed by atoms with Gasteiger partial charge in [0.05, 0.1) is 45.6 Å². The Morgan fingerprint density at radius 2 is 0.826 bits per heavy atom. The van der Waals surface area contributed by atoms with Crippen LogP contribution in [0.3, 0.4) is 0 Å². The Bertz CT molecular complexity index is 3820. The van der Waals surface area contributed by atoms with Crippen LogP contribution in [0.25, 0.3) is 117 Å². The van der Waals surface area contributed by atoms with Crippen molar-refractivity contribution in [1.82, 2.24) is 49.0 Å². The lowest BCUT2D eigenvalue weighted by molar-refractivity contribution is -0.137. The fourth-order valence-corrected chi connectivity index (χ4v) is 9.45. The van der Waals surface area contributed by atoms with E-state index in [-0.39, 0.29) is 22.5 Å². The van der Waals surface area contributed by atoms with E-state index in [0.717, 1.165) is 60.9 Å². The molecule has 14 heteroatoms. The number of aromatic nitrogens is 10. The van der Waals surface area contributed by atoms with E-state index < -0.39 is 11.7 Å². The maximum Gasteiger partial charge on any atom is 0.417 e. The van der Waals surface area contributed by atoms with Crippen molar-refractivity contribution in [3.63, 3.8) is 0 Å². The van der Waals surface area contributed by atoms with E-state index in [0.29, 0.717) is 45.6 Å². The summed E-state index contributed by atoms with van der Waals surface area (Å²) in [4.78, 5) is 40.5. The van der Waals surface area contributed by atoms with Gasteiger partial charge in [0.25, 0.3) is 0 Å². The molecule has 6 aromatic carbocycles. The van der Waals surface area contributed by atoms with Crippen LogP contribution in [-0.4, -0.2) is 49.0 Å². The molecule has 0 spiro atoms. The first-order valence-corrected chi connectivity index (χ1v) is 21.7. The highest BCUT2D eigenvalue weighted by molar-refractivity contribution is 6.14. The van der Waals surface area contributed by atoms with Crippen LogP contribution in [0.15, 0.2) is 177 Å². The van der Waals surface area contributed by atoms with Gasteiger partial charge < -0.3 is 9.13 Å². The van der Waals surface area contributed by atoms with Crippen LogP contribution in [0.5, 0.6) is 0 Å². The molecule has 12 aromatic rings. The number of nitrogens with zero attached hydrogens (tertiary/aromatic N) is 11. The van der Waals surface area contributed by atoms with Gasteiger partial charge in [0.1, 0.15) is 0 Å². The fourth-order valence-electron chi connectivity index (χ4n) is 9.45. The van der Waals surface area contributed by atoms with Crippen molar-refractivity contribution in [3.05, 3.63) is 200 Å². The van der Waals surface area contributed by atoms with Crippen molar-refractivity contribution in [3.8, 4) is 68.1 Å². The number of halogens is 3. The Balaban J connectivity index is 1.21. The van der Waals surface area contributed by atoms with Gasteiger partial charge in [0.15, 0.2) is 23.3 Å². The molecule has 6 aromatic heterocycles. The summed E-state index contributed by atoms with van der Waals surface area (Å²) in [7, 11) is 0. The summed E-state index contributed by atoms with van der Waals surface area (Å²) in [5.41, 5.74) is 6.40.